The van der Waals surface area contributed by atoms with E-state index in [4.69, 9.17) is 4.74 Å². The molecule has 35 heavy (non-hydrogen) atoms. The molecule has 186 valence electrons. The number of likely N-dealkylation sites (N-methyl/N-ethyl adjacent to an activating group) is 1. The molecule has 0 saturated heterocycles. The zero-order valence-corrected chi connectivity index (χ0v) is 21.0. The van der Waals surface area contributed by atoms with Crippen LogP contribution in [0.1, 0.15) is 61.0 Å². The van der Waals surface area contributed by atoms with Crippen molar-refractivity contribution in [3.8, 4) is 17.7 Å². The van der Waals surface area contributed by atoms with Gasteiger partial charge in [-0.3, -0.25) is 9.78 Å². The first-order valence-corrected chi connectivity index (χ1v) is 12.6. The highest BCUT2D eigenvalue weighted by atomic mass is 16.5. The minimum Gasteiger partial charge on any atom is -0.472 e. The average Bonchev–Trinajstić information content (AvgIpc) is 3.38. The molecule has 0 bridgehead atoms. The summed E-state index contributed by atoms with van der Waals surface area (Å²) in [5.41, 5.74) is 1.86. The van der Waals surface area contributed by atoms with Crippen LogP contribution in [-0.2, 0) is 0 Å². The van der Waals surface area contributed by atoms with Crippen LogP contribution in [0, 0.1) is 23.7 Å². The van der Waals surface area contributed by atoms with Gasteiger partial charge in [-0.05, 0) is 50.9 Å². The maximum absolute atomic E-state index is 13.5. The van der Waals surface area contributed by atoms with Crippen LogP contribution in [0.15, 0.2) is 36.8 Å². The fraction of sp³-hybridized carbons (Fsp3) is 0.536. The third kappa shape index (κ3) is 6.39. The first-order valence-electron chi connectivity index (χ1n) is 12.6. The molecule has 0 aromatic carbocycles. The summed E-state index contributed by atoms with van der Waals surface area (Å²) >= 11 is 0. The van der Waals surface area contributed by atoms with Gasteiger partial charge in [0.25, 0.3) is 5.91 Å². The number of ether oxygens (including phenoxy) is 1. The number of rotatable bonds is 6. The Morgan fingerprint density at radius 2 is 1.91 bits per heavy atom. The highest BCUT2D eigenvalue weighted by Gasteiger charge is 2.34. The summed E-state index contributed by atoms with van der Waals surface area (Å²) in [6.07, 6.45) is 10.2. The lowest BCUT2D eigenvalue weighted by Gasteiger charge is -2.38. The average molecular weight is 477 g/mol. The van der Waals surface area contributed by atoms with E-state index in [-0.39, 0.29) is 30.6 Å². The maximum Gasteiger partial charge on any atom is 0.259 e. The van der Waals surface area contributed by atoms with Crippen LogP contribution in [0.25, 0.3) is 0 Å². The lowest BCUT2D eigenvalue weighted by atomic mass is 9.99. The monoisotopic (exact) mass is 476 g/mol. The van der Waals surface area contributed by atoms with E-state index in [0.29, 0.717) is 23.6 Å². The Labute approximate surface area is 208 Å². The van der Waals surface area contributed by atoms with Gasteiger partial charge in [0.2, 0.25) is 5.88 Å². The topological polar surface area (TPSA) is 78.8 Å². The van der Waals surface area contributed by atoms with Crippen molar-refractivity contribution in [2.75, 3.05) is 33.3 Å². The first kappa shape index (κ1) is 25.2. The second kappa shape index (κ2) is 11.7. The zero-order valence-electron chi connectivity index (χ0n) is 21.0. The molecule has 7 nitrogen and oxygen atoms in total. The normalized spacial score (nSPS) is 21.5. The van der Waals surface area contributed by atoms with Crippen LogP contribution in [0.3, 0.4) is 0 Å². The van der Waals surface area contributed by atoms with E-state index in [9.17, 15) is 9.90 Å². The van der Waals surface area contributed by atoms with Gasteiger partial charge < -0.3 is 19.6 Å². The lowest BCUT2D eigenvalue weighted by Crippen LogP contribution is -2.50. The highest BCUT2D eigenvalue weighted by Crippen LogP contribution is 2.29. The first-order chi connectivity index (χ1) is 16.9. The zero-order chi connectivity index (χ0) is 24.8. The number of pyridine rings is 2. The summed E-state index contributed by atoms with van der Waals surface area (Å²) in [5, 5.41) is 9.86. The van der Waals surface area contributed by atoms with Gasteiger partial charge in [0.15, 0.2) is 0 Å². The van der Waals surface area contributed by atoms with Crippen molar-refractivity contribution < 1.29 is 14.6 Å². The molecule has 1 aliphatic heterocycles. The largest absolute Gasteiger partial charge is 0.472 e. The number of hydrogen-bond acceptors (Lipinski definition) is 6. The number of aliphatic hydroxyl groups is 1. The fourth-order valence-corrected chi connectivity index (χ4v) is 4.98. The third-order valence-electron chi connectivity index (χ3n) is 7.09. The summed E-state index contributed by atoms with van der Waals surface area (Å²) in [6.45, 7) is 6.21. The number of hydrogen-bond donors (Lipinski definition) is 1. The minimum atomic E-state index is -0.306. The standard InChI is InChI=1S/C28H36N4O3/c1-20-16-32(21(2)19-33)28(34)25-14-24(9-8-22-10-12-29-13-11-22)15-30-27(25)35-26(20)18-31(3)17-23-6-4-5-7-23/h10-15,20-21,23,26,33H,4-7,16-19H2,1-3H3/t20-,21+,26+/m0/s1. The van der Waals surface area contributed by atoms with Crippen LogP contribution >= 0.6 is 0 Å². The van der Waals surface area contributed by atoms with Gasteiger partial charge in [-0.25, -0.2) is 4.98 Å². The highest BCUT2D eigenvalue weighted by molar-refractivity contribution is 5.97. The summed E-state index contributed by atoms with van der Waals surface area (Å²) in [7, 11) is 2.15. The van der Waals surface area contributed by atoms with E-state index >= 15 is 0 Å². The molecule has 2 aromatic rings. The van der Waals surface area contributed by atoms with Gasteiger partial charge in [0.1, 0.15) is 11.7 Å². The molecule has 3 atom stereocenters. The molecular formula is C28H36N4O3. The van der Waals surface area contributed by atoms with E-state index in [2.05, 4.69) is 40.7 Å². The number of carbonyl (C=O) groups excluding carboxylic acids is 1. The smallest absolute Gasteiger partial charge is 0.259 e. The predicted molar refractivity (Wildman–Crippen MR) is 135 cm³/mol. The van der Waals surface area contributed by atoms with Crippen LogP contribution < -0.4 is 4.74 Å². The summed E-state index contributed by atoms with van der Waals surface area (Å²) in [5.74, 6) is 7.17. The van der Waals surface area contributed by atoms with Gasteiger partial charge >= 0.3 is 0 Å². The van der Waals surface area contributed by atoms with Crippen LogP contribution in [0.5, 0.6) is 5.88 Å². The Hall–Kier alpha value is -2.95. The van der Waals surface area contributed by atoms with E-state index in [1.54, 1.807) is 29.6 Å². The molecule has 1 amide bonds. The molecule has 7 heteroatoms. The Morgan fingerprint density at radius 1 is 1.20 bits per heavy atom. The Bertz CT molecular complexity index is 1060. The van der Waals surface area contributed by atoms with Crippen LogP contribution in [0.4, 0.5) is 0 Å². The number of amides is 1. The van der Waals surface area contributed by atoms with E-state index in [0.717, 1.165) is 24.6 Å². The van der Waals surface area contributed by atoms with Crippen LogP contribution in [0.2, 0.25) is 0 Å². The number of nitrogens with zero attached hydrogens (tertiary/aromatic N) is 4. The Balaban J connectivity index is 1.61. The molecule has 2 aromatic heterocycles. The van der Waals surface area contributed by atoms with Gasteiger partial charge in [0.05, 0.1) is 12.6 Å². The van der Waals surface area contributed by atoms with Crippen molar-refractivity contribution in [2.45, 2.75) is 51.7 Å². The molecule has 2 aliphatic rings. The molecule has 0 spiro atoms. The number of carbonyl (C=O) groups is 1. The molecule has 3 heterocycles. The number of fused-ring (bicyclic) bond motifs is 1. The molecule has 1 aliphatic carbocycles. The van der Waals surface area contributed by atoms with Crippen LogP contribution in [-0.4, -0.2) is 76.2 Å². The second-order valence-corrected chi connectivity index (χ2v) is 10.1. The van der Waals surface area contributed by atoms with Crippen molar-refractivity contribution in [3.05, 3.63) is 53.5 Å². The van der Waals surface area contributed by atoms with Crippen molar-refractivity contribution in [1.29, 1.82) is 0 Å². The van der Waals surface area contributed by atoms with Crippen molar-refractivity contribution in [3.63, 3.8) is 0 Å². The van der Waals surface area contributed by atoms with Crippen molar-refractivity contribution in [1.82, 2.24) is 19.8 Å². The second-order valence-electron chi connectivity index (χ2n) is 10.1. The quantitative estimate of drug-likeness (QED) is 0.645. The Kier molecular flexibility index (Phi) is 8.37. The minimum absolute atomic E-state index is 0.0834. The summed E-state index contributed by atoms with van der Waals surface area (Å²) < 4.78 is 6.42. The van der Waals surface area contributed by atoms with Gasteiger partial charge in [-0.1, -0.05) is 31.6 Å². The van der Waals surface area contributed by atoms with Gasteiger partial charge in [-0.2, -0.15) is 0 Å². The number of aromatic nitrogens is 2. The Morgan fingerprint density at radius 3 is 2.63 bits per heavy atom. The fourth-order valence-electron chi connectivity index (χ4n) is 4.98. The van der Waals surface area contributed by atoms with Crippen molar-refractivity contribution in [2.24, 2.45) is 11.8 Å². The maximum atomic E-state index is 13.5. The van der Waals surface area contributed by atoms with Crippen molar-refractivity contribution >= 4 is 5.91 Å². The van der Waals surface area contributed by atoms with E-state index < -0.39 is 0 Å². The summed E-state index contributed by atoms with van der Waals surface area (Å²) in [4.78, 5) is 26.2. The molecular weight excluding hydrogens is 440 g/mol. The number of aliphatic hydroxyl groups excluding tert-OH is 1. The molecule has 1 saturated carbocycles. The third-order valence-corrected chi connectivity index (χ3v) is 7.09. The molecule has 1 fully saturated rings. The van der Waals surface area contributed by atoms with E-state index in [1.807, 2.05) is 19.1 Å². The SMILES string of the molecule is C[C@H](CO)N1C[C@H](C)[C@@H](CN(C)CC2CCCC2)Oc2ncc(C#Cc3ccncc3)cc2C1=O. The molecule has 0 radical (unpaired) electrons. The summed E-state index contributed by atoms with van der Waals surface area (Å²) in [6, 6.07) is 5.12. The molecule has 4 rings (SSSR count). The predicted octanol–water partition coefficient (Wildman–Crippen LogP) is 3.22. The molecule has 1 N–H and O–H groups in total. The van der Waals surface area contributed by atoms with E-state index in [1.165, 1.54) is 25.7 Å². The van der Waals surface area contributed by atoms with Gasteiger partial charge in [0, 0.05) is 55.3 Å². The van der Waals surface area contributed by atoms with Gasteiger partial charge in [-0.15, -0.1) is 0 Å². The molecule has 0 unspecified atom stereocenters. The lowest BCUT2D eigenvalue weighted by molar-refractivity contribution is 0.0320.